The Labute approximate surface area is 137 Å². The number of carboxylic acid groups (broad SMARTS) is 1. The van der Waals surface area contributed by atoms with E-state index in [1.54, 1.807) is 0 Å². The fourth-order valence-corrected chi connectivity index (χ4v) is 3.12. The van der Waals surface area contributed by atoms with Crippen molar-refractivity contribution >= 4 is 38.8 Å². The summed E-state index contributed by atoms with van der Waals surface area (Å²) in [5.74, 6) is -2.46. The van der Waals surface area contributed by atoms with Crippen LogP contribution in [0, 0.1) is 11.6 Å². The standard InChI is InChI=1S/C14H12BrF2N3O3/c15-8-3-6-4-9(19-12(6)11(17)10(8)16)13(21)20-2-1-7(5-20)18-14(22)23/h3-4,7,18-19H,1-2,5H2,(H,22,23). The van der Waals surface area contributed by atoms with E-state index in [2.05, 4.69) is 26.2 Å². The van der Waals surface area contributed by atoms with E-state index in [1.165, 1.54) is 17.0 Å². The molecule has 1 aromatic heterocycles. The predicted molar refractivity (Wildman–Crippen MR) is 81.4 cm³/mol. The minimum absolute atomic E-state index is 0.0209. The zero-order valence-corrected chi connectivity index (χ0v) is 13.3. The lowest BCUT2D eigenvalue weighted by Crippen LogP contribution is -2.37. The number of halogens is 3. The number of carbonyl (C=O) groups excluding carboxylic acids is 1. The molecule has 0 bridgehead atoms. The zero-order valence-electron chi connectivity index (χ0n) is 11.7. The van der Waals surface area contributed by atoms with Gasteiger partial charge in [0.2, 0.25) is 0 Å². The molecule has 2 amide bonds. The minimum Gasteiger partial charge on any atom is -0.465 e. The van der Waals surface area contributed by atoms with Crippen molar-refractivity contribution in [3.05, 3.63) is 33.9 Å². The van der Waals surface area contributed by atoms with Crippen LogP contribution in [0.3, 0.4) is 0 Å². The minimum atomic E-state index is -1.14. The number of H-pyrrole nitrogens is 1. The van der Waals surface area contributed by atoms with Crippen molar-refractivity contribution in [1.29, 1.82) is 0 Å². The highest BCUT2D eigenvalue weighted by Crippen LogP contribution is 2.28. The van der Waals surface area contributed by atoms with Crippen LogP contribution in [-0.4, -0.2) is 46.1 Å². The van der Waals surface area contributed by atoms with E-state index in [0.29, 0.717) is 18.4 Å². The largest absolute Gasteiger partial charge is 0.465 e. The van der Waals surface area contributed by atoms with E-state index in [4.69, 9.17) is 5.11 Å². The fraction of sp³-hybridized carbons (Fsp3) is 0.286. The molecule has 0 saturated carbocycles. The molecule has 1 fully saturated rings. The van der Waals surface area contributed by atoms with E-state index in [9.17, 15) is 18.4 Å². The average molecular weight is 388 g/mol. The fourth-order valence-electron chi connectivity index (χ4n) is 2.70. The molecule has 2 aromatic rings. The van der Waals surface area contributed by atoms with Crippen LogP contribution in [0.2, 0.25) is 0 Å². The molecular weight excluding hydrogens is 376 g/mol. The van der Waals surface area contributed by atoms with E-state index < -0.39 is 17.7 Å². The molecule has 122 valence electrons. The maximum absolute atomic E-state index is 13.9. The zero-order chi connectivity index (χ0) is 16.7. The number of amides is 2. The number of carbonyl (C=O) groups is 2. The molecule has 1 aliphatic heterocycles. The molecule has 0 spiro atoms. The third-order valence-corrected chi connectivity index (χ3v) is 4.36. The van der Waals surface area contributed by atoms with Crippen LogP contribution < -0.4 is 5.32 Å². The second kappa shape index (κ2) is 5.80. The van der Waals surface area contributed by atoms with Gasteiger partial charge in [-0.2, -0.15) is 0 Å². The highest BCUT2D eigenvalue weighted by molar-refractivity contribution is 9.10. The first-order valence-electron chi connectivity index (χ1n) is 6.81. The highest BCUT2D eigenvalue weighted by atomic mass is 79.9. The Morgan fingerprint density at radius 1 is 1.35 bits per heavy atom. The summed E-state index contributed by atoms with van der Waals surface area (Å²) in [6.07, 6.45) is -0.635. The number of nitrogens with one attached hydrogen (secondary N) is 2. The van der Waals surface area contributed by atoms with Gasteiger partial charge in [-0.3, -0.25) is 4.79 Å². The number of hydrogen-bond donors (Lipinski definition) is 3. The molecule has 1 unspecified atom stereocenters. The topological polar surface area (TPSA) is 85.4 Å². The molecule has 1 aromatic carbocycles. The maximum atomic E-state index is 13.9. The second-order valence-electron chi connectivity index (χ2n) is 5.32. The first kappa shape index (κ1) is 15.7. The highest BCUT2D eigenvalue weighted by Gasteiger charge is 2.29. The molecule has 6 nitrogen and oxygen atoms in total. The number of aromatic amines is 1. The van der Waals surface area contributed by atoms with Gasteiger partial charge in [0, 0.05) is 18.5 Å². The molecule has 1 saturated heterocycles. The van der Waals surface area contributed by atoms with Crippen LogP contribution in [0.1, 0.15) is 16.9 Å². The van der Waals surface area contributed by atoms with Crippen molar-refractivity contribution in [3.8, 4) is 0 Å². The lowest BCUT2D eigenvalue weighted by molar-refractivity contribution is 0.0783. The monoisotopic (exact) mass is 387 g/mol. The Morgan fingerprint density at radius 3 is 2.78 bits per heavy atom. The van der Waals surface area contributed by atoms with Crippen molar-refractivity contribution in [2.24, 2.45) is 0 Å². The van der Waals surface area contributed by atoms with Gasteiger partial charge in [-0.05, 0) is 34.5 Å². The molecule has 0 radical (unpaired) electrons. The molecule has 3 rings (SSSR count). The van der Waals surface area contributed by atoms with E-state index in [1.807, 2.05) is 0 Å². The average Bonchev–Trinajstić information content (AvgIpc) is 3.10. The van der Waals surface area contributed by atoms with Crippen LogP contribution >= 0.6 is 15.9 Å². The Bertz CT molecular complexity index is 808. The van der Waals surface area contributed by atoms with Gasteiger partial charge < -0.3 is 20.3 Å². The summed E-state index contributed by atoms with van der Waals surface area (Å²) >= 11 is 2.92. The van der Waals surface area contributed by atoms with Crippen LogP contribution in [0.4, 0.5) is 13.6 Å². The summed E-state index contributed by atoms with van der Waals surface area (Å²) in [6, 6.07) is 2.51. The van der Waals surface area contributed by atoms with Gasteiger partial charge in [-0.15, -0.1) is 0 Å². The van der Waals surface area contributed by atoms with Gasteiger partial charge in [0.25, 0.3) is 5.91 Å². The molecule has 2 heterocycles. The number of hydrogen-bond acceptors (Lipinski definition) is 2. The number of nitrogens with zero attached hydrogens (tertiary/aromatic N) is 1. The molecule has 3 N–H and O–H groups in total. The number of fused-ring (bicyclic) bond motifs is 1. The van der Waals surface area contributed by atoms with E-state index in [-0.39, 0.29) is 34.2 Å². The summed E-state index contributed by atoms with van der Waals surface area (Å²) in [7, 11) is 0. The summed E-state index contributed by atoms with van der Waals surface area (Å²) in [6.45, 7) is 0.626. The molecule has 0 aliphatic carbocycles. The molecule has 9 heteroatoms. The smallest absolute Gasteiger partial charge is 0.404 e. The van der Waals surface area contributed by atoms with Crippen molar-refractivity contribution in [3.63, 3.8) is 0 Å². The van der Waals surface area contributed by atoms with Crippen LogP contribution in [0.25, 0.3) is 10.9 Å². The van der Waals surface area contributed by atoms with Crippen LogP contribution in [-0.2, 0) is 0 Å². The number of benzene rings is 1. The van der Waals surface area contributed by atoms with Gasteiger partial charge >= 0.3 is 6.09 Å². The Kier molecular flexibility index (Phi) is 3.97. The van der Waals surface area contributed by atoms with Gasteiger partial charge in [0.15, 0.2) is 11.6 Å². The molecule has 1 atom stereocenters. The van der Waals surface area contributed by atoms with Gasteiger partial charge in [0.05, 0.1) is 16.0 Å². The summed E-state index contributed by atoms with van der Waals surface area (Å²) in [4.78, 5) is 27.1. The maximum Gasteiger partial charge on any atom is 0.404 e. The number of aromatic nitrogens is 1. The third kappa shape index (κ3) is 2.88. The van der Waals surface area contributed by atoms with Crippen molar-refractivity contribution < 1.29 is 23.5 Å². The van der Waals surface area contributed by atoms with E-state index in [0.717, 1.165) is 0 Å². The first-order valence-corrected chi connectivity index (χ1v) is 7.61. The Morgan fingerprint density at radius 2 is 2.09 bits per heavy atom. The Hall–Kier alpha value is -2.16. The second-order valence-corrected chi connectivity index (χ2v) is 6.17. The third-order valence-electron chi connectivity index (χ3n) is 3.79. The molecule has 1 aliphatic rings. The number of likely N-dealkylation sites (tertiary alicyclic amines) is 1. The van der Waals surface area contributed by atoms with Gasteiger partial charge in [-0.1, -0.05) is 0 Å². The van der Waals surface area contributed by atoms with Gasteiger partial charge in [-0.25, -0.2) is 13.6 Å². The summed E-state index contributed by atoms with van der Waals surface area (Å²) in [5, 5.41) is 11.4. The van der Waals surface area contributed by atoms with Crippen molar-refractivity contribution in [2.75, 3.05) is 13.1 Å². The van der Waals surface area contributed by atoms with E-state index >= 15 is 0 Å². The SMILES string of the molecule is O=C(O)NC1CCN(C(=O)c2cc3cc(Br)c(F)c(F)c3[nH]2)C1. The molecular formula is C14H12BrF2N3O3. The van der Waals surface area contributed by atoms with Gasteiger partial charge in [0.1, 0.15) is 5.69 Å². The van der Waals surface area contributed by atoms with Crippen molar-refractivity contribution in [2.45, 2.75) is 12.5 Å². The Balaban J connectivity index is 1.85. The van der Waals surface area contributed by atoms with Crippen LogP contribution in [0.5, 0.6) is 0 Å². The lowest BCUT2D eigenvalue weighted by Gasteiger charge is -2.15. The first-order chi connectivity index (χ1) is 10.9. The lowest BCUT2D eigenvalue weighted by atomic mass is 10.2. The van der Waals surface area contributed by atoms with Crippen molar-refractivity contribution in [1.82, 2.24) is 15.2 Å². The number of rotatable bonds is 2. The van der Waals surface area contributed by atoms with Crippen LogP contribution in [0.15, 0.2) is 16.6 Å². The predicted octanol–water partition coefficient (Wildman–Crippen LogP) is 2.69. The summed E-state index contributed by atoms with van der Waals surface area (Å²) < 4.78 is 27.4. The normalized spacial score (nSPS) is 17.7. The quantitative estimate of drug-likeness (QED) is 0.692. The summed E-state index contributed by atoms with van der Waals surface area (Å²) in [5.41, 5.74) is 0.0563. The molecule has 23 heavy (non-hydrogen) atoms.